The summed E-state index contributed by atoms with van der Waals surface area (Å²) in [4.78, 5) is 33.4. The molecule has 0 unspecified atom stereocenters. The molecule has 0 bridgehead atoms. The molecule has 0 aliphatic heterocycles. The molecule has 0 atom stereocenters. The van der Waals surface area contributed by atoms with E-state index in [4.69, 9.17) is 19.1 Å². The highest BCUT2D eigenvalue weighted by molar-refractivity contribution is 7.87. The van der Waals surface area contributed by atoms with E-state index in [9.17, 15) is 22.8 Å². The number of carbonyl (C=O) groups is 3. The third kappa shape index (κ3) is 4.61. The number of benzene rings is 2. The van der Waals surface area contributed by atoms with Gasteiger partial charge in [-0.2, -0.15) is 8.42 Å². The fraction of sp³-hybridized carbons (Fsp3) is 0.118. The van der Waals surface area contributed by atoms with E-state index in [1.165, 1.54) is 18.2 Å². The third-order valence-electron chi connectivity index (χ3n) is 3.29. The van der Waals surface area contributed by atoms with Crippen LogP contribution in [-0.2, 0) is 14.9 Å². The van der Waals surface area contributed by atoms with Gasteiger partial charge in [-0.1, -0.05) is 6.07 Å². The first-order chi connectivity index (χ1) is 12.7. The van der Waals surface area contributed by atoms with Crippen molar-refractivity contribution in [3.63, 3.8) is 0 Å². The van der Waals surface area contributed by atoms with Crippen molar-refractivity contribution < 1.29 is 41.9 Å². The average Bonchev–Trinajstić information content (AvgIpc) is 2.61. The highest BCUT2D eigenvalue weighted by atomic mass is 32.2. The Labute approximate surface area is 153 Å². The molecule has 142 valence electrons. The van der Waals surface area contributed by atoms with Gasteiger partial charge in [-0.3, -0.25) is 0 Å². The Bertz CT molecular complexity index is 1010. The maximum Gasteiger partial charge on any atom is 0.339 e. The molecule has 2 rings (SSSR count). The number of aromatic carboxylic acids is 2. The molecule has 0 aliphatic rings. The zero-order chi connectivity index (χ0) is 20.2. The summed E-state index contributed by atoms with van der Waals surface area (Å²) in [6.07, 6.45) is 0. The van der Waals surface area contributed by atoms with Crippen LogP contribution >= 0.6 is 0 Å². The summed E-state index contributed by atoms with van der Waals surface area (Å²) in [7, 11) is -4.47. The van der Waals surface area contributed by atoms with E-state index in [2.05, 4.69) is 0 Å². The lowest BCUT2D eigenvalue weighted by atomic mass is 10.1. The van der Waals surface area contributed by atoms with Crippen LogP contribution in [0.2, 0.25) is 0 Å². The van der Waals surface area contributed by atoms with Crippen molar-refractivity contribution in [2.45, 2.75) is 11.8 Å². The maximum absolute atomic E-state index is 12.4. The molecule has 0 heterocycles. The lowest BCUT2D eigenvalue weighted by Gasteiger charge is -2.10. The SMILES string of the molecule is CCOC(=O)c1cccc(OS(=O)(=O)c2ccc(C(=O)O)c(C(=O)O)c2)c1. The molecule has 2 N–H and O–H groups in total. The van der Waals surface area contributed by atoms with E-state index in [0.29, 0.717) is 6.07 Å². The molecule has 0 aliphatic carbocycles. The minimum absolute atomic E-state index is 0.0667. The standard InChI is InChI=1S/C17H14O9S/c1-2-25-17(22)10-4-3-5-11(8-10)26-27(23,24)12-6-7-13(15(18)19)14(9-12)16(20)21/h3-9H,2H2,1H3,(H,18,19)(H,20,21). The predicted octanol–water partition coefficient (Wildman–Crippen LogP) is 2.03. The molecule has 0 amide bonds. The highest BCUT2D eigenvalue weighted by Gasteiger charge is 2.23. The molecule has 0 aromatic heterocycles. The van der Waals surface area contributed by atoms with Gasteiger partial charge in [-0.25, -0.2) is 14.4 Å². The Balaban J connectivity index is 2.39. The Kier molecular flexibility index (Phi) is 5.81. The average molecular weight is 394 g/mol. The molecule has 9 nitrogen and oxygen atoms in total. The van der Waals surface area contributed by atoms with E-state index in [-0.39, 0.29) is 17.9 Å². The molecular formula is C17H14O9S. The van der Waals surface area contributed by atoms with E-state index >= 15 is 0 Å². The van der Waals surface area contributed by atoms with E-state index < -0.39 is 44.0 Å². The number of rotatable bonds is 7. The van der Waals surface area contributed by atoms with Crippen LogP contribution < -0.4 is 4.18 Å². The topological polar surface area (TPSA) is 144 Å². The lowest BCUT2D eigenvalue weighted by molar-refractivity contribution is 0.0525. The van der Waals surface area contributed by atoms with Crippen molar-refractivity contribution in [1.82, 2.24) is 0 Å². The van der Waals surface area contributed by atoms with Gasteiger partial charge in [0.05, 0.1) is 23.3 Å². The number of esters is 1. The van der Waals surface area contributed by atoms with Crippen LogP contribution in [-0.4, -0.2) is 43.1 Å². The van der Waals surface area contributed by atoms with Gasteiger partial charge in [0.25, 0.3) is 0 Å². The van der Waals surface area contributed by atoms with Crippen LogP contribution in [0.3, 0.4) is 0 Å². The van der Waals surface area contributed by atoms with Gasteiger partial charge < -0.3 is 19.1 Å². The molecule has 0 radical (unpaired) electrons. The van der Waals surface area contributed by atoms with Crippen LogP contribution in [0.25, 0.3) is 0 Å². The molecule has 2 aromatic carbocycles. The van der Waals surface area contributed by atoms with Gasteiger partial charge >= 0.3 is 28.0 Å². The van der Waals surface area contributed by atoms with Crippen LogP contribution in [0, 0.1) is 0 Å². The van der Waals surface area contributed by atoms with Crippen molar-refractivity contribution >= 4 is 28.0 Å². The quantitative estimate of drug-likeness (QED) is 0.532. The first kappa shape index (κ1) is 19.9. The molecule has 27 heavy (non-hydrogen) atoms. The minimum Gasteiger partial charge on any atom is -0.478 e. The summed E-state index contributed by atoms with van der Waals surface area (Å²) in [5, 5.41) is 18.1. The number of carboxylic acid groups (broad SMARTS) is 2. The highest BCUT2D eigenvalue weighted by Crippen LogP contribution is 2.22. The van der Waals surface area contributed by atoms with E-state index in [1.54, 1.807) is 6.92 Å². The molecule has 0 saturated heterocycles. The summed E-state index contributed by atoms with van der Waals surface area (Å²) in [5.74, 6) is -3.98. The summed E-state index contributed by atoms with van der Waals surface area (Å²) in [6.45, 7) is 1.75. The summed E-state index contributed by atoms with van der Waals surface area (Å²) < 4.78 is 34.5. The predicted molar refractivity (Wildman–Crippen MR) is 90.6 cm³/mol. The van der Waals surface area contributed by atoms with Crippen LogP contribution in [0.1, 0.15) is 38.0 Å². The van der Waals surface area contributed by atoms with Crippen LogP contribution in [0.4, 0.5) is 0 Å². The van der Waals surface area contributed by atoms with Gasteiger partial charge in [0.2, 0.25) is 0 Å². The van der Waals surface area contributed by atoms with Gasteiger partial charge in [-0.15, -0.1) is 0 Å². The summed E-state index contributed by atoms with van der Waals surface area (Å²) >= 11 is 0. The van der Waals surface area contributed by atoms with Gasteiger partial charge in [0.1, 0.15) is 10.6 Å². The number of ether oxygens (including phenoxy) is 1. The number of hydrogen-bond acceptors (Lipinski definition) is 7. The molecule has 0 spiro atoms. The molecule has 2 aromatic rings. The summed E-state index contributed by atoms with van der Waals surface area (Å²) in [5.41, 5.74) is -1.20. The van der Waals surface area contributed by atoms with E-state index in [0.717, 1.165) is 18.2 Å². The third-order valence-corrected chi connectivity index (χ3v) is 4.53. The monoisotopic (exact) mass is 394 g/mol. The fourth-order valence-electron chi connectivity index (χ4n) is 2.11. The smallest absolute Gasteiger partial charge is 0.339 e. The molecule has 0 fully saturated rings. The minimum atomic E-state index is -4.47. The van der Waals surface area contributed by atoms with Gasteiger partial charge in [0.15, 0.2) is 0 Å². The van der Waals surface area contributed by atoms with Crippen molar-refractivity contribution in [2.75, 3.05) is 6.61 Å². The van der Waals surface area contributed by atoms with Gasteiger partial charge in [0, 0.05) is 0 Å². The normalized spacial score (nSPS) is 10.9. The Morgan fingerprint density at radius 1 is 0.963 bits per heavy atom. The Morgan fingerprint density at radius 3 is 2.22 bits per heavy atom. The first-order valence-electron chi connectivity index (χ1n) is 7.48. The summed E-state index contributed by atoms with van der Waals surface area (Å²) in [6, 6.07) is 7.69. The van der Waals surface area contributed by atoms with Crippen LogP contribution in [0.5, 0.6) is 5.75 Å². The van der Waals surface area contributed by atoms with E-state index in [1.807, 2.05) is 0 Å². The number of hydrogen-bond donors (Lipinski definition) is 2. The van der Waals surface area contributed by atoms with Crippen molar-refractivity contribution in [3.05, 3.63) is 59.2 Å². The second kappa shape index (κ2) is 7.87. The zero-order valence-corrected chi connectivity index (χ0v) is 14.7. The Morgan fingerprint density at radius 2 is 1.63 bits per heavy atom. The largest absolute Gasteiger partial charge is 0.478 e. The first-order valence-corrected chi connectivity index (χ1v) is 8.89. The second-order valence-electron chi connectivity index (χ2n) is 5.10. The molecule has 10 heteroatoms. The Hall–Kier alpha value is -3.40. The van der Waals surface area contributed by atoms with Crippen LogP contribution in [0.15, 0.2) is 47.4 Å². The maximum atomic E-state index is 12.4. The molecule has 0 saturated carbocycles. The zero-order valence-electron chi connectivity index (χ0n) is 13.9. The molecular weight excluding hydrogens is 380 g/mol. The number of carbonyl (C=O) groups excluding carboxylic acids is 1. The van der Waals surface area contributed by atoms with Gasteiger partial charge in [-0.05, 0) is 43.3 Å². The second-order valence-corrected chi connectivity index (χ2v) is 6.65. The van der Waals surface area contributed by atoms with Crippen molar-refractivity contribution in [1.29, 1.82) is 0 Å². The van der Waals surface area contributed by atoms with Crippen molar-refractivity contribution in [2.24, 2.45) is 0 Å². The fourth-order valence-corrected chi connectivity index (χ4v) is 3.06. The van der Waals surface area contributed by atoms with Crippen molar-refractivity contribution in [3.8, 4) is 5.75 Å². The lowest BCUT2D eigenvalue weighted by Crippen LogP contribution is -2.14. The number of carboxylic acids is 2.